The average molecular weight is 597 g/mol. The first-order valence-electron chi connectivity index (χ1n) is 16.2. The van der Waals surface area contributed by atoms with E-state index in [9.17, 15) is 0 Å². The molecule has 0 aliphatic carbocycles. The molecule has 9 aromatic carbocycles. The molecule has 0 fully saturated rings. The SMILES string of the molecule is c1ccc2cc(-c3ccc(-c4c5ccccc5c(-c5ccc6oc7cc8ccccc8cc7c6c5)c5ccccc45)cc3)ccc2c1. The van der Waals surface area contributed by atoms with E-state index in [0.29, 0.717) is 0 Å². The third kappa shape index (κ3) is 4.10. The Labute approximate surface area is 271 Å². The van der Waals surface area contributed by atoms with E-state index >= 15 is 0 Å². The molecule has 0 amide bonds. The fourth-order valence-corrected chi connectivity index (χ4v) is 7.57. The molecule has 218 valence electrons. The Morgan fingerprint density at radius 1 is 0.255 bits per heavy atom. The zero-order chi connectivity index (χ0) is 30.9. The van der Waals surface area contributed by atoms with Gasteiger partial charge in [-0.1, -0.05) is 140 Å². The lowest BCUT2D eigenvalue weighted by Crippen LogP contribution is -1.91. The van der Waals surface area contributed by atoms with Crippen LogP contribution in [0.5, 0.6) is 0 Å². The molecule has 0 aliphatic heterocycles. The van der Waals surface area contributed by atoms with E-state index in [1.165, 1.54) is 76.5 Å². The molecule has 0 spiro atoms. The molecule has 0 saturated carbocycles. The summed E-state index contributed by atoms with van der Waals surface area (Å²) in [5, 5.41) is 12.2. The summed E-state index contributed by atoms with van der Waals surface area (Å²) in [6.45, 7) is 0. The van der Waals surface area contributed by atoms with Crippen LogP contribution in [-0.4, -0.2) is 0 Å². The fraction of sp³-hybridized carbons (Fsp3) is 0. The minimum Gasteiger partial charge on any atom is -0.456 e. The number of benzene rings is 9. The molecule has 0 atom stereocenters. The molecule has 1 aromatic heterocycles. The van der Waals surface area contributed by atoms with Crippen LogP contribution in [0.3, 0.4) is 0 Å². The van der Waals surface area contributed by atoms with Crippen LogP contribution in [0.2, 0.25) is 0 Å². The summed E-state index contributed by atoms with van der Waals surface area (Å²) < 4.78 is 6.37. The van der Waals surface area contributed by atoms with Gasteiger partial charge in [-0.15, -0.1) is 0 Å². The fourth-order valence-electron chi connectivity index (χ4n) is 7.57. The van der Waals surface area contributed by atoms with Crippen LogP contribution in [0, 0.1) is 0 Å². The van der Waals surface area contributed by atoms with E-state index in [2.05, 4.69) is 170 Å². The maximum atomic E-state index is 6.37. The first-order chi connectivity index (χ1) is 23.3. The first kappa shape index (κ1) is 26.1. The van der Waals surface area contributed by atoms with Crippen molar-refractivity contribution in [2.75, 3.05) is 0 Å². The van der Waals surface area contributed by atoms with Crippen LogP contribution in [0.25, 0.3) is 98.4 Å². The van der Waals surface area contributed by atoms with Gasteiger partial charge in [0.25, 0.3) is 0 Å². The third-order valence-corrected chi connectivity index (χ3v) is 9.81. The van der Waals surface area contributed by atoms with E-state index in [-0.39, 0.29) is 0 Å². The van der Waals surface area contributed by atoms with Crippen LogP contribution >= 0.6 is 0 Å². The molecule has 10 rings (SSSR count). The number of rotatable bonds is 3. The Hall–Kier alpha value is -6.18. The van der Waals surface area contributed by atoms with Gasteiger partial charge in [0.05, 0.1) is 0 Å². The normalized spacial score (nSPS) is 11.8. The molecular formula is C46H28O. The summed E-state index contributed by atoms with van der Waals surface area (Å²) in [7, 11) is 0. The van der Waals surface area contributed by atoms with Gasteiger partial charge < -0.3 is 4.42 Å². The van der Waals surface area contributed by atoms with Crippen LogP contribution in [0.1, 0.15) is 0 Å². The molecule has 0 aliphatic rings. The van der Waals surface area contributed by atoms with Crippen molar-refractivity contribution in [1.82, 2.24) is 0 Å². The minimum absolute atomic E-state index is 0.913. The molecule has 0 unspecified atom stereocenters. The number of hydrogen-bond donors (Lipinski definition) is 0. The van der Waals surface area contributed by atoms with Gasteiger partial charge in [-0.2, -0.15) is 0 Å². The number of hydrogen-bond acceptors (Lipinski definition) is 1. The summed E-state index contributed by atoms with van der Waals surface area (Å²) in [4.78, 5) is 0. The minimum atomic E-state index is 0.913. The van der Waals surface area contributed by atoms with E-state index < -0.39 is 0 Å². The topological polar surface area (TPSA) is 13.1 Å². The van der Waals surface area contributed by atoms with Crippen molar-refractivity contribution in [1.29, 1.82) is 0 Å². The zero-order valence-corrected chi connectivity index (χ0v) is 25.6. The second-order valence-corrected chi connectivity index (χ2v) is 12.5. The standard InChI is InChI=1S/C46H28O/c1-2-10-32-25-35(22-19-29(32)9-1)30-17-20-31(21-18-30)45-37-13-5-7-15-39(37)46(40-16-8-6-14-38(40)45)36-23-24-43-41(27-36)42-26-33-11-3-4-12-34(33)28-44(42)47-43/h1-28H. The molecule has 1 heterocycles. The molecule has 0 bridgehead atoms. The molecular weight excluding hydrogens is 569 g/mol. The highest BCUT2D eigenvalue weighted by molar-refractivity contribution is 6.22. The Kier molecular flexibility index (Phi) is 5.64. The van der Waals surface area contributed by atoms with E-state index in [0.717, 1.165) is 21.9 Å². The van der Waals surface area contributed by atoms with Gasteiger partial charge in [-0.05, 0) is 107 Å². The van der Waals surface area contributed by atoms with Crippen LogP contribution in [-0.2, 0) is 0 Å². The predicted octanol–water partition coefficient (Wildman–Crippen LogP) is 13.2. The van der Waals surface area contributed by atoms with Gasteiger partial charge in [-0.25, -0.2) is 0 Å². The molecule has 1 nitrogen and oxygen atoms in total. The van der Waals surface area contributed by atoms with Gasteiger partial charge >= 0.3 is 0 Å². The van der Waals surface area contributed by atoms with Crippen LogP contribution < -0.4 is 0 Å². The maximum absolute atomic E-state index is 6.37. The first-order valence-corrected chi connectivity index (χ1v) is 16.2. The van der Waals surface area contributed by atoms with E-state index in [1.807, 2.05) is 0 Å². The van der Waals surface area contributed by atoms with Gasteiger partial charge in [0.15, 0.2) is 0 Å². The van der Waals surface area contributed by atoms with Gasteiger partial charge in [0.1, 0.15) is 11.2 Å². The summed E-state index contributed by atoms with van der Waals surface area (Å²) in [5.74, 6) is 0. The smallest absolute Gasteiger partial charge is 0.136 e. The highest BCUT2D eigenvalue weighted by Gasteiger charge is 2.18. The van der Waals surface area contributed by atoms with Crippen molar-refractivity contribution in [3.8, 4) is 33.4 Å². The van der Waals surface area contributed by atoms with Gasteiger partial charge in [0, 0.05) is 10.8 Å². The average Bonchev–Trinajstić information content (AvgIpc) is 3.49. The summed E-state index contributed by atoms with van der Waals surface area (Å²) in [6.07, 6.45) is 0. The lowest BCUT2D eigenvalue weighted by molar-refractivity contribution is 0.669. The van der Waals surface area contributed by atoms with Gasteiger partial charge in [0.2, 0.25) is 0 Å². The van der Waals surface area contributed by atoms with Crippen molar-refractivity contribution >= 4 is 65.0 Å². The molecule has 47 heavy (non-hydrogen) atoms. The van der Waals surface area contributed by atoms with Gasteiger partial charge in [-0.3, -0.25) is 0 Å². The lowest BCUT2D eigenvalue weighted by Gasteiger charge is -2.18. The number of furan rings is 1. The van der Waals surface area contributed by atoms with Crippen molar-refractivity contribution < 1.29 is 4.42 Å². The Morgan fingerprint density at radius 3 is 1.38 bits per heavy atom. The Bertz CT molecular complexity index is 2780. The highest BCUT2D eigenvalue weighted by Crippen LogP contribution is 2.45. The van der Waals surface area contributed by atoms with Crippen LogP contribution in [0.15, 0.2) is 174 Å². The summed E-state index contributed by atoms with van der Waals surface area (Å²) >= 11 is 0. The summed E-state index contributed by atoms with van der Waals surface area (Å²) in [6, 6.07) is 61.7. The van der Waals surface area contributed by atoms with Crippen molar-refractivity contribution in [2.24, 2.45) is 0 Å². The molecule has 0 N–H and O–H groups in total. The van der Waals surface area contributed by atoms with Crippen molar-refractivity contribution in [3.05, 3.63) is 170 Å². The molecule has 0 radical (unpaired) electrons. The highest BCUT2D eigenvalue weighted by atomic mass is 16.3. The molecule has 10 aromatic rings. The quantitative estimate of drug-likeness (QED) is 0.185. The predicted molar refractivity (Wildman–Crippen MR) is 200 cm³/mol. The Balaban J connectivity index is 1.17. The molecule has 1 heteroatoms. The van der Waals surface area contributed by atoms with E-state index in [1.54, 1.807) is 0 Å². The molecule has 0 saturated heterocycles. The second-order valence-electron chi connectivity index (χ2n) is 12.5. The van der Waals surface area contributed by atoms with Crippen molar-refractivity contribution in [3.63, 3.8) is 0 Å². The van der Waals surface area contributed by atoms with Crippen LogP contribution in [0.4, 0.5) is 0 Å². The second kappa shape index (κ2) is 10.2. The van der Waals surface area contributed by atoms with E-state index in [4.69, 9.17) is 4.42 Å². The monoisotopic (exact) mass is 596 g/mol. The largest absolute Gasteiger partial charge is 0.456 e. The number of fused-ring (bicyclic) bond motifs is 7. The lowest BCUT2D eigenvalue weighted by atomic mass is 9.85. The van der Waals surface area contributed by atoms with Crippen molar-refractivity contribution in [2.45, 2.75) is 0 Å². The Morgan fingerprint density at radius 2 is 0.723 bits per heavy atom. The maximum Gasteiger partial charge on any atom is 0.136 e. The summed E-state index contributed by atoms with van der Waals surface area (Å²) in [5.41, 5.74) is 9.23. The zero-order valence-electron chi connectivity index (χ0n) is 25.6. The third-order valence-electron chi connectivity index (χ3n) is 9.81.